The largest absolute Gasteiger partial charge is 0.350 e. The van der Waals surface area contributed by atoms with Crippen LogP contribution in [0.3, 0.4) is 0 Å². The van der Waals surface area contributed by atoms with E-state index in [-0.39, 0.29) is 11.5 Å². The minimum absolute atomic E-state index is 0.217. The fraction of sp³-hybridized carbons (Fsp3) is 0.121. The molecule has 3 heterocycles. The van der Waals surface area contributed by atoms with Crippen LogP contribution in [-0.4, -0.2) is 29.7 Å². The molecule has 0 bridgehead atoms. The smallest absolute Gasteiger partial charge is 0.247 e. The van der Waals surface area contributed by atoms with Gasteiger partial charge in [-0.2, -0.15) is 0 Å². The first-order chi connectivity index (χ1) is 19.9. The second kappa shape index (κ2) is 9.42. The molecule has 1 spiro atoms. The van der Waals surface area contributed by atoms with Crippen molar-refractivity contribution in [2.24, 2.45) is 5.92 Å². The Labute approximate surface area is 240 Å². The van der Waals surface area contributed by atoms with Crippen LogP contribution in [-0.2, 0) is 15.0 Å². The third-order valence-corrected chi connectivity index (χ3v) is 8.59. The number of amides is 2. The standard InChI is InChI=1S/C33H23ClFN3O3/c34-21-12-16-23(17-13-21)36-31(40)29-28(30(39)20-9-14-22(35)15-10-20)33(24-6-2-3-7-25(24)37-32(33)41)27-18-11-19-5-1-4-8-26(19)38(27)29/h1-18,27-29H,(H,36,40)(H,37,41)/t27?,28-,29+,33+/m1/s1. The van der Waals surface area contributed by atoms with Crippen molar-refractivity contribution in [3.05, 3.63) is 131 Å². The Morgan fingerprint density at radius 2 is 1.61 bits per heavy atom. The summed E-state index contributed by atoms with van der Waals surface area (Å²) in [6, 6.07) is 25.0. The maximum atomic E-state index is 14.6. The molecular formula is C33H23ClFN3O3. The number of nitrogens with zero attached hydrogens (tertiary/aromatic N) is 1. The number of hydrogen-bond donors (Lipinski definition) is 2. The van der Waals surface area contributed by atoms with Gasteiger partial charge in [-0.3, -0.25) is 14.4 Å². The van der Waals surface area contributed by atoms with Crippen molar-refractivity contribution in [2.75, 3.05) is 15.5 Å². The number of fused-ring (bicyclic) bond motifs is 6. The van der Waals surface area contributed by atoms with Crippen LogP contribution in [0.25, 0.3) is 6.08 Å². The highest BCUT2D eigenvalue weighted by molar-refractivity contribution is 6.30. The van der Waals surface area contributed by atoms with Gasteiger partial charge in [0.05, 0.1) is 12.0 Å². The molecule has 6 nitrogen and oxygen atoms in total. The third-order valence-electron chi connectivity index (χ3n) is 8.33. The summed E-state index contributed by atoms with van der Waals surface area (Å²) in [6.07, 6.45) is 3.84. The average Bonchev–Trinajstić information content (AvgIpc) is 3.47. The van der Waals surface area contributed by atoms with E-state index in [1.807, 2.05) is 59.5 Å². The molecule has 0 aromatic heterocycles. The number of carbonyl (C=O) groups is 3. The second-order valence-electron chi connectivity index (χ2n) is 10.4. The van der Waals surface area contributed by atoms with E-state index in [9.17, 15) is 18.8 Å². The van der Waals surface area contributed by atoms with Crippen LogP contribution < -0.4 is 15.5 Å². The number of para-hydroxylation sites is 2. The number of nitrogens with one attached hydrogen (secondary N) is 2. The SMILES string of the molecule is O=C(Nc1ccc(Cl)cc1)[C@@H]1[C@H](C(=O)c2ccc(F)cc2)[C@@]2(C(=O)Nc3ccccc32)C2C=Cc3ccccc3N21. The Morgan fingerprint density at radius 1 is 0.902 bits per heavy atom. The van der Waals surface area contributed by atoms with E-state index in [0.717, 1.165) is 11.3 Å². The molecule has 1 unspecified atom stereocenters. The zero-order chi connectivity index (χ0) is 28.3. The number of rotatable bonds is 4. The van der Waals surface area contributed by atoms with Crippen LogP contribution in [0.1, 0.15) is 21.5 Å². The minimum Gasteiger partial charge on any atom is -0.350 e. The van der Waals surface area contributed by atoms with Crippen LogP contribution in [0.5, 0.6) is 0 Å². The summed E-state index contributed by atoms with van der Waals surface area (Å²) in [5.41, 5.74) is 2.13. The predicted octanol–water partition coefficient (Wildman–Crippen LogP) is 6.09. The van der Waals surface area contributed by atoms with Gasteiger partial charge in [0.15, 0.2) is 5.78 Å². The Morgan fingerprint density at radius 3 is 2.39 bits per heavy atom. The van der Waals surface area contributed by atoms with Gasteiger partial charge in [0.1, 0.15) is 17.3 Å². The summed E-state index contributed by atoms with van der Waals surface area (Å²) >= 11 is 6.07. The quantitative estimate of drug-likeness (QED) is 0.295. The molecule has 1 saturated heterocycles. The summed E-state index contributed by atoms with van der Waals surface area (Å²) in [7, 11) is 0. The molecule has 3 aliphatic rings. The maximum Gasteiger partial charge on any atom is 0.247 e. The minimum atomic E-state index is -1.44. The molecular weight excluding hydrogens is 541 g/mol. The van der Waals surface area contributed by atoms with Crippen LogP contribution in [0, 0.1) is 11.7 Å². The van der Waals surface area contributed by atoms with Gasteiger partial charge in [0.25, 0.3) is 0 Å². The zero-order valence-electron chi connectivity index (χ0n) is 21.6. The van der Waals surface area contributed by atoms with Gasteiger partial charge in [0, 0.05) is 27.6 Å². The van der Waals surface area contributed by atoms with E-state index in [2.05, 4.69) is 10.6 Å². The molecule has 4 aromatic rings. The predicted molar refractivity (Wildman–Crippen MR) is 157 cm³/mol. The summed E-state index contributed by atoms with van der Waals surface area (Å²) in [4.78, 5) is 45.1. The first-order valence-corrected chi connectivity index (χ1v) is 13.6. The molecule has 3 aliphatic heterocycles. The van der Waals surface area contributed by atoms with E-state index in [4.69, 9.17) is 11.6 Å². The summed E-state index contributed by atoms with van der Waals surface area (Å²) in [5, 5.41) is 6.46. The molecule has 4 atom stereocenters. The lowest BCUT2D eigenvalue weighted by molar-refractivity contribution is -0.122. The fourth-order valence-electron chi connectivity index (χ4n) is 6.66. The van der Waals surface area contributed by atoms with Crippen molar-refractivity contribution in [3.63, 3.8) is 0 Å². The summed E-state index contributed by atoms with van der Waals surface area (Å²) < 4.78 is 13.9. The van der Waals surface area contributed by atoms with Gasteiger partial charge in [0.2, 0.25) is 11.8 Å². The van der Waals surface area contributed by atoms with Crippen LogP contribution >= 0.6 is 11.6 Å². The number of ketones is 1. The van der Waals surface area contributed by atoms with Crippen molar-refractivity contribution in [3.8, 4) is 0 Å². The lowest BCUT2D eigenvalue weighted by atomic mass is 9.64. The van der Waals surface area contributed by atoms with Crippen molar-refractivity contribution in [1.29, 1.82) is 0 Å². The van der Waals surface area contributed by atoms with E-state index in [0.29, 0.717) is 22.0 Å². The molecule has 41 heavy (non-hydrogen) atoms. The molecule has 2 N–H and O–H groups in total. The van der Waals surface area contributed by atoms with E-state index in [1.54, 1.807) is 30.3 Å². The number of benzene rings is 4. The molecule has 8 heteroatoms. The monoisotopic (exact) mass is 563 g/mol. The van der Waals surface area contributed by atoms with Gasteiger partial charge in [-0.25, -0.2) is 4.39 Å². The first-order valence-electron chi connectivity index (χ1n) is 13.2. The van der Waals surface area contributed by atoms with Crippen molar-refractivity contribution in [2.45, 2.75) is 17.5 Å². The van der Waals surface area contributed by atoms with Crippen LogP contribution in [0.4, 0.5) is 21.5 Å². The van der Waals surface area contributed by atoms with Gasteiger partial charge in [-0.1, -0.05) is 60.2 Å². The highest BCUT2D eigenvalue weighted by atomic mass is 35.5. The topological polar surface area (TPSA) is 78.5 Å². The summed E-state index contributed by atoms with van der Waals surface area (Å²) in [6.45, 7) is 0. The molecule has 0 radical (unpaired) electrons. The number of anilines is 3. The Hall–Kier alpha value is -4.75. The van der Waals surface area contributed by atoms with Gasteiger partial charge >= 0.3 is 0 Å². The average molecular weight is 564 g/mol. The van der Waals surface area contributed by atoms with E-state index < -0.39 is 40.9 Å². The molecule has 7 rings (SSSR count). The normalized spacial score (nSPS) is 23.5. The van der Waals surface area contributed by atoms with Gasteiger partial charge < -0.3 is 15.5 Å². The fourth-order valence-corrected chi connectivity index (χ4v) is 6.79. The van der Waals surface area contributed by atoms with Gasteiger partial charge in [-0.05, 0) is 71.8 Å². The number of Topliss-reactive ketones (excluding diaryl/α,β-unsaturated/α-hetero) is 1. The molecule has 4 aromatic carbocycles. The Bertz CT molecular complexity index is 1750. The molecule has 0 saturated carbocycles. The second-order valence-corrected chi connectivity index (χ2v) is 10.9. The molecule has 0 aliphatic carbocycles. The first kappa shape index (κ1) is 25.2. The number of halogens is 2. The van der Waals surface area contributed by atoms with Crippen LogP contribution in [0.2, 0.25) is 5.02 Å². The van der Waals surface area contributed by atoms with E-state index in [1.165, 1.54) is 24.3 Å². The maximum absolute atomic E-state index is 14.6. The zero-order valence-corrected chi connectivity index (χ0v) is 22.3. The molecule has 2 amide bonds. The Kier molecular flexibility index (Phi) is 5.80. The molecule has 202 valence electrons. The van der Waals surface area contributed by atoms with Crippen LogP contribution in [0.15, 0.2) is 103 Å². The number of hydrogen-bond acceptors (Lipinski definition) is 4. The van der Waals surface area contributed by atoms with E-state index >= 15 is 0 Å². The van der Waals surface area contributed by atoms with Crippen molar-refractivity contribution >= 4 is 52.3 Å². The summed E-state index contributed by atoms with van der Waals surface area (Å²) in [5.74, 6) is -2.87. The van der Waals surface area contributed by atoms with Gasteiger partial charge in [-0.15, -0.1) is 0 Å². The highest BCUT2D eigenvalue weighted by Crippen LogP contribution is 2.57. The Balaban J connectivity index is 1.48. The number of carbonyl (C=O) groups excluding carboxylic acids is 3. The van der Waals surface area contributed by atoms with Crippen molar-refractivity contribution < 1.29 is 18.8 Å². The molecule has 1 fully saturated rings. The third kappa shape index (κ3) is 3.73. The highest BCUT2D eigenvalue weighted by Gasteiger charge is 2.70. The van der Waals surface area contributed by atoms with Crippen molar-refractivity contribution in [1.82, 2.24) is 0 Å². The lowest BCUT2D eigenvalue weighted by Crippen LogP contribution is -2.51. The lowest BCUT2D eigenvalue weighted by Gasteiger charge is -2.37.